The second-order valence-corrected chi connectivity index (χ2v) is 20.1. The van der Waals surface area contributed by atoms with Crippen LogP contribution in [0.1, 0.15) is 150 Å². The molecule has 3 saturated carbocycles. The van der Waals surface area contributed by atoms with Gasteiger partial charge in [0.25, 0.3) is 0 Å². The molecule has 0 radical (unpaired) electrons. The lowest BCUT2D eigenvalue weighted by atomic mass is 9.40. The zero-order valence-corrected chi connectivity index (χ0v) is 31.9. The molecular weight excluding hydrogens is 574 g/mol. The Morgan fingerprint density at radius 3 is 2.32 bits per heavy atom. The summed E-state index contributed by atoms with van der Waals surface area (Å²) in [5.41, 5.74) is 7.57. The summed E-state index contributed by atoms with van der Waals surface area (Å²) in [5.74, 6) is 3.40. The van der Waals surface area contributed by atoms with Crippen molar-refractivity contribution in [2.45, 2.75) is 169 Å². The first kappa shape index (κ1) is 33.9. The quantitative estimate of drug-likeness (QED) is 0.333. The molecule has 11 unspecified atom stereocenters. The van der Waals surface area contributed by atoms with Crippen molar-refractivity contribution in [1.29, 1.82) is 0 Å². The first-order valence-electron chi connectivity index (χ1n) is 19.4. The van der Waals surface area contributed by atoms with Crippen molar-refractivity contribution in [3.8, 4) is 0 Å². The van der Waals surface area contributed by atoms with Crippen molar-refractivity contribution in [2.24, 2.45) is 45.8 Å². The summed E-state index contributed by atoms with van der Waals surface area (Å²) < 4.78 is 14.0. The number of hydrogen-bond donors (Lipinski definition) is 1. The molecule has 1 N–H and O–H groups in total. The van der Waals surface area contributed by atoms with Gasteiger partial charge in [-0.25, -0.2) is 0 Å². The molecule has 6 aliphatic rings. The predicted molar refractivity (Wildman–Crippen MR) is 198 cm³/mol. The van der Waals surface area contributed by atoms with E-state index in [4.69, 9.17) is 9.47 Å². The third-order valence-electron chi connectivity index (χ3n) is 16.1. The Kier molecular flexibility index (Phi) is 7.73. The normalized spacial score (nSPS) is 45.0. The number of anilines is 1. The van der Waals surface area contributed by atoms with Crippen molar-refractivity contribution in [3.63, 3.8) is 0 Å². The summed E-state index contributed by atoms with van der Waals surface area (Å²) in [5, 5.41) is 4.46. The number of benzene rings is 1. The largest absolute Gasteiger partial charge is 0.379 e. The minimum absolute atomic E-state index is 0.0164. The van der Waals surface area contributed by atoms with Gasteiger partial charge in [-0.3, -0.25) is 0 Å². The molecule has 260 valence electrons. The van der Waals surface area contributed by atoms with Crippen LogP contribution in [-0.2, 0) is 15.9 Å². The van der Waals surface area contributed by atoms with E-state index in [9.17, 15) is 0 Å². The van der Waals surface area contributed by atoms with Crippen molar-refractivity contribution >= 4 is 11.8 Å². The zero-order chi connectivity index (χ0) is 34.1. The molecule has 11 atom stereocenters. The number of rotatable bonds is 3. The van der Waals surface area contributed by atoms with E-state index in [1.807, 2.05) is 0 Å². The van der Waals surface area contributed by atoms with Crippen LogP contribution >= 0.6 is 0 Å². The highest BCUT2D eigenvalue weighted by Gasteiger charge is 2.70. The summed E-state index contributed by atoms with van der Waals surface area (Å²) in [6, 6.07) is 4.78. The van der Waals surface area contributed by atoms with Gasteiger partial charge in [0.2, 0.25) is 0 Å². The molecule has 3 nitrogen and oxygen atoms in total. The third kappa shape index (κ3) is 4.77. The zero-order valence-electron chi connectivity index (χ0n) is 31.9. The maximum atomic E-state index is 7.23. The fourth-order valence-electron chi connectivity index (χ4n) is 13.3. The maximum Gasteiger partial charge on any atom is 0.0668 e. The van der Waals surface area contributed by atoms with Crippen LogP contribution in [0.5, 0.6) is 0 Å². The van der Waals surface area contributed by atoms with Gasteiger partial charge in [-0.1, -0.05) is 72.4 Å². The molecule has 47 heavy (non-hydrogen) atoms. The molecule has 3 heterocycles. The van der Waals surface area contributed by atoms with Gasteiger partial charge < -0.3 is 14.8 Å². The van der Waals surface area contributed by atoms with E-state index >= 15 is 0 Å². The van der Waals surface area contributed by atoms with Gasteiger partial charge >= 0.3 is 0 Å². The van der Waals surface area contributed by atoms with Crippen LogP contribution < -0.4 is 5.32 Å². The van der Waals surface area contributed by atoms with E-state index in [2.05, 4.69) is 113 Å². The second kappa shape index (κ2) is 10.7. The Bertz CT molecular complexity index is 1450. The van der Waals surface area contributed by atoms with Crippen LogP contribution in [0.15, 0.2) is 30.9 Å². The van der Waals surface area contributed by atoms with Crippen LogP contribution in [0.2, 0.25) is 0 Å². The van der Waals surface area contributed by atoms with Crippen LogP contribution in [0.4, 0.5) is 5.69 Å². The number of ether oxygens (including phenoxy) is 2. The average Bonchev–Trinajstić information content (AvgIpc) is 3.33. The Balaban J connectivity index is 1.29. The molecule has 5 fully saturated rings. The Morgan fingerprint density at radius 2 is 1.68 bits per heavy atom. The highest BCUT2D eigenvalue weighted by Crippen LogP contribution is 2.73. The molecule has 2 saturated heterocycles. The van der Waals surface area contributed by atoms with Gasteiger partial charge in [0.15, 0.2) is 0 Å². The SMILES string of the molecule is C=Cc1ccc2c(c1CC1C(C)C(C)(C)OC1(C)C)C(C)CC1CCC3C45CC(=C)CC4CC(C(C)(C)C)OC5CCC3(C)C1(C)N2. The van der Waals surface area contributed by atoms with Crippen molar-refractivity contribution in [2.75, 3.05) is 5.32 Å². The molecule has 3 aliphatic carbocycles. The number of hydrogen-bond acceptors (Lipinski definition) is 3. The molecule has 1 aromatic carbocycles. The summed E-state index contributed by atoms with van der Waals surface area (Å²) >= 11 is 0. The van der Waals surface area contributed by atoms with Crippen molar-refractivity contribution < 1.29 is 9.47 Å². The Hall–Kier alpha value is -1.58. The summed E-state index contributed by atoms with van der Waals surface area (Å²) in [6.45, 7) is 35.6. The van der Waals surface area contributed by atoms with Gasteiger partial charge in [-0.2, -0.15) is 0 Å². The van der Waals surface area contributed by atoms with Crippen molar-refractivity contribution in [1.82, 2.24) is 0 Å². The lowest BCUT2D eigenvalue weighted by Gasteiger charge is -2.69. The second-order valence-electron chi connectivity index (χ2n) is 20.1. The topological polar surface area (TPSA) is 30.5 Å². The number of fused-ring (bicyclic) bond motifs is 4. The fourth-order valence-corrected chi connectivity index (χ4v) is 13.3. The van der Waals surface area contributed by atoms with Crippen LogP contribution in [-0.4, -0.2) is 28.9 Å². The molecule has 0 aromatic heterocycles. The van der Waals surface area contributed by atoms with Crippen molar-refractivity contribution in [3.05, 3.63) is 47.6 Å². The van der Waals surface area contributed by atoms with E-state index in [0.29, 0.717) is 47.7 Å². The first-order chi connectivity index (χ1) is 21.8. The molecule has 1 spiro atoms. The van der Waals surface area contributed by atoms with E-state index in [0.717, 1.165) is 6.42 Å². The molecular formula is C44H67NO2. The standard InChI is InChI=1S/C44H67NO2/c1-14-29-15-17-34-38(32(29)24-33-28(4)40(8,9)47-41(33,10)11)27(3)22-30-16-18-35-42(12,43(30,13)45-34)20-19-36-44(35)25-26(2)21-31(44)23-37(46-36)39(5,6)7/h14-15,17,27-28,30-31,33,35-37,45H,1-2,16,18-25H2,3-13H3. The molecule has 1 aromatic rings. The highest BCUT2D eigenvalue weighted by molar-refractivity contribution is 5.67. The maximum absolute atomic E-state index is 7.23. The lowest BCUT2D eigenvalue weighted by molar-refractivity contribution is -0.254. The minimum Gasteiger partial charge on any atom is -0.379 e. The minimum atomic E-state index is -0.167. The molecule has 0 bridgehead atoms. The Labute approximate surface area is 288 Å². The van der Waals surface area contributed by atoms with Crippen LogP contribution in [0.3, 0.4) is 0 Å². The van der Waals surface area contributed by atoms with Gasteiger partial charge in [-0.05, 0) is 162 Å². The highest BCUT2D eigenvalue weighted by atomic mass is 16.5. The fraction of sp³-hybridized carbons (Fsp3) is 0.773. The molecule has 3 aliphatic heterocycles. The number of nitrogens with one attached hydrogen (secondary N) is 1. The van der Waals surface area contributed by atoms with Gasteiger partial charge in [0.1, 0.15) is 0 Å². The summed E-state index contributed by atoms with van der Waals surface area (Å²) in [6.07, 6.45) is 13.7. The average molecular weight is 642 g/mol. The first-order valence-corrected chi connectivity index (χ1v) is 19.4. The monoisotopic (exact) mass is 642 g/mol. The third-order valence-corrected chi connectivity index (χ3v) is 16.1. The van der Waals surface area contributed by atoms with Gasteiger partial charge in [0, 0.05) is 16.6 Å². The van der Waals surface area contributed by atoms with E-state index < -0.39 is 0 Å². The van der Waals surface area contributed by atoms with Crippen LogP contribution in [0, 0.1) is 45.8 Å². The van der Waals surface area contributed by atoms with E-state index in [-0.39, 0.29) is 33.0 Å². The molecule has 3 heteroatoms. The summed E-state index contributed by atoms with van der Waals surface area (Å²) in [7, 11) is 0. The van der Waals surface area contributed by atoms with Gasteiger partial charge in [-0.15, -0.1) is 0 Å². The predicted octanol–water partition coefficient (Wildman–Crippen LogP) is 11.4. The number of allylic oxidation sites excluding steroid dienone is 1. The van der Waals surface area contributed by atoms with E-state index in [1.54, 1.807) is 5.56 Å². The Morgan fingerprint density at radius 1 is 0.957 bits per heavy atom. The van der Waals surface area contributed by atoms with Crippen LogP contribution in [0.25, 0.3) is 6.08 Å². The summed E-state index contributed by atoms with van der Waals surface area (Å²) in [4.78, 5) is 0. The smallest absolute Gasteiger partial charge is 0.0668 e. The van der Waals surface area contributed by atoms with Gasteiger partial charge in [0.05, 0.1) is 23.4 Å². The lowest BCUT2D eigenvalue weighted by Crippen LogP contribution is -2.70. The molecule has 7 rings (SSSR count). The van der Waals surface area contributed by atoms with E-state index in [1.165, 1.54) is 73.8 Å². The molecule has 0 amide bonds.